The first-order chi connectivity index (χ1) is 16.8. The molecule has 2 heterocycles. The Morgan fingerprint density at radius 2 is 1.46 bits per heavy atom. The molecule has 0 atom stereocenters. The third-order valence-corrected chi connectivity index (χ3v) is 7.20. The Bertz CT molecular complexity index is 1350. The van der Waals surface area contributed by atoms with Gasteiger partial charge in [-0.3, -0.25) is 9.73 Å². The Labute approximate surface area is 208 Å². The first-order valence-corrected chi connectivity index (χ1v) is 11.4. The molecule has 0 saturated carbocycles. The van der Waals surface area contributed by atoms with Crippen molar-refractivity contribution in [1.82, 2.24) is 5.28 Å². The Balaban J connectivity index is 1.62. The molecule has 5 rings (SSSR count). The summed E-state index contributed by atoms with van der Waals surface area (Å²) in [6.45, 7) is 8.01. The number of carbonyl (C=O) groups excluding carboxylic acids is 1. The first kappa shape index (κ1) is 23.0. The minimum atomic E-state index is -0.328. The lowest BCUT2D eigenvalue weighted by molar-refractivity contribution is -0.135. The number of amidine groups is 1. The highest BCUT2D eigenvalue weighted by atomic mass is 35.5. The molecule has 9 heteroatoms. The van der Waals surface area contributed by atoms with Crippen molar-refractivity contribution in [3.8, 4) is 11.5 Å². The van der Waals surface area contributed by atoms with E-state index in [0.29, 0.717) is 28.6 Å². The highest BCUT2D eigenvalue weighted by molar-refractivity contribution is 6.32. The van der Waals surface area contributed by atoms with Gasteiger partial charge in [0.15, 0.2) is 0 Å². The van der Waals surface area contributed by atoms with Crippen LogP contribution in [0.1, 0.15) is 38.2 Å². The van der Waals surface area contributed by atoms with Gasteiger partial charge in [0.25, 0.3) is 5.91 Å². The number of oxime groups is 1. The minimum Gasteiger partial charge on any atom is -0.497 e. The number of halogens is 1. The predicted molar refractivity (Wildman–Crippen MR) is 135 cm³/mol. The molecule has 3 aromatic carbocycles. The van der Waals surface area contributed by atoms with Gasteiger partial charge in [0.05, 0.1) is 30.9 Å². The molecule has 0 fully saturated rings. The zero-order valence-corrected chi connectivity index (χ0v) is 21.1. The molecule has 35 heavy (non-hydrogen) atoms. The van der Waals surface area contributed by atoms with Crippen LogP contribution in [-0.4, -0.2) is 31.2 Å². The maximum absolute atomic E-state index is 13.8. The van der Waals surface area contributed by atoms with Crippen LogP contribution >= 0.6 is 11.6 Å². The second-order valence-electron chi connectivity index (χ2n) is 8.46. The zero-order chi connectivity index (χ0) is 25.0. The van der Waals surface area contributed by atoms with Crippen molar-refractivity contribution in [2.75, 3.05) is 24.2 Å². The summed E-state index contributed by atoms with van der Waals surface area (Å²) in [6, 6.07) is 12.6. The lowest BCUT2D eigenvalue weighted by Crippen LogP contribution is -2.49. The van der Waals surface area contributed by atoms with Crippen LogP contribution in [0.15, 0.2) is 47.6 Å². The van der Waals surface area contributed by atoms with E-state index in [9.17, 15) is 4.79 Å². The molecule has 180 valence electrons. The summed E-state index contributed by atoms with van der Waals surface area (Å²) in [5.41, 5.74) is 6.67. The molecule has 3 aromatic rings. The van der Waals surface area contributed by atoms with Crippen LogP contribution in [0.4, 0.5) is 11.4 Å². The van der Waals surface area contributed by atoms with Crippen LogP contribution < -0.4 is 19.5 Å². The summed E-state index contributed by atoms with van der Waals surface area (Å²) < 4.78 is 10.7. The van der Waals surface area contributed by atoms with Crippen LogP contribution in [0, 0.1) is 27.7 Å². The fourth-order valence-corrected chi connectivity index (χ4v) is 4.76. The van der Waals surface area contributed by atoms with E-state index in [-0.39, 0.29) is 5.91 Å². The van der Waals surface area contributed by atoms with Gasteiger partial charge >= 0.3 is 0 Å². The van der Waals surface area contributed by atoms with Crippen LogP contribution in [0.5, 0.6) is 11.5 Å². The van der Waals surface area contributed by atoms with Gasteiger partial charge in [-0.1, -0.05) is 23.7 Å². The molecule has 1 amide bonds. The molecule has 0 aliphatic carbocycles. The zero-order valence-electron chi connectivity index (χ0n) is 20.3. The number of benzene rings is 3. The van der Waals surface area contributed by atoms with Crippen molar-refractivity contribution in [2.45, 2.75) is 27.7 Å². The molecule has 2 aliphatic rings. The summed E-state index contributed by atoms with van der Waals surface area (Å²) in [4.78, 5) is 19.6. The first-order valence-electron chi connectivity index (χ1n) is 11.1. The largest absolute Gasteiger partial charge is 0.497 e. The number of rotatable bonds is 4. The van der Waals surface area contributed by atoms with Crippen molar-refractivity contribution in [3.05, 3.63) is 80.9 Å². The lowest BCUT2D eigenvalue weighted by Gasteiger charge is -2.26. The van der Waals surface area contributed by atoms with Crippen LogP contribution in [0.25, 0.3) is 0 Å². The number of para-hydroxylation sites is 2. The number of hydrogen-bond donors (Lipinski definition) is 0. The van der Waals surface area contributed by atoms with E-state index >= 15 is 0 Å². The predicted octanol–water partition coefficient (Wildman–Crippen LogP) is 5.50. The molecule has 0 radical (unpaired) electrons. The number of carbonyl (C=O) groups is 1. The smallest absolute Gasteiger partial charge is 0.277 e. The third kappa shape index (κ3) is 3.40. The number of hydrogen-bond acceptors (Lipinski definition) is 7. The number of amides is 1. The number of methoxy groups -OCH3 is 2. The molecule has 2 aliphatic heterocycles. The molecule has 0 aromatic heterocycles. The standard InChI is InChI=1S/C26H25ClN4O4/c1-14-16(3)24(27)17(4)15(2)23(14)25-28-35-31-29(25)21-9-7-8-10-22(21)30(31)26(32)18-11-19(33-5)13-20(12-18)34-6/h7-13H,1-6H3. The fourth-order valence-electron chi connectivity index (χ4n) is 4.47. The molecular formula is C26H25ClN4O4. The lowest BCUT2D eigenvalue weighted by atomic mass is 9.93. The maximum Gasteiger partial charge on any atom is 0.277 e. The van der Waals surface area contributed by atoms with E-state index in [2.05, 4.69) is 5.16 Å². The average Bonchev–Trinajstić information content (AvgIpc) is 3.44. The minimum absolute atomic E-state index is 0.328. The summed E-state index contributed by atoms with van der Waals surface area (Å²) in [5, 5.41) is 9.75. The van der Waals surface area contributed by atoms with Crippen molar-refractivity contribution in [2.24, 2.45) is 5.16 Å². The number of ether oxygens (including phenoxy) is 2. The van der Waals surface area contributed by atoms with Crippen LogP contribution in [0.2, 0.25) is 5.02 Å². The highest BCUT2D eigenvalue weighted by Crippen LogP contribution is 2.44. The van der Waals surface area contributed by atoms with Crippen molar-refractivity contribution < 1.29 is 19.2 Å². The fraction of sp³-hybridized carbons (Fsp3) is 0.231. The maximum atomic E-state index is 13.8. The normalized spacial score (nSPS) is 14.4. The van der Waals surface area contributed by atoms with Gasteiger partial charge in [0.2, 0.25) is 5.84 Å². The Hall–Kier alpha value is -3.75. The Morgan fingerprint density at radius 3 is 2.03 bits per heavy atom. The van der Waals surface area contributed by atoms with E-state index in [0.717, 1.165) is 38.5 Å². The van der Waals surface area contributed by atoms with Gasteiger partial charge in [-0.2, -0.15) is 10.0 Å². The van der Waals surface area contributed by atoms with E-state index in [1.807, 2.05) is 52.0 Å². The highest BCUT2D eigenvalue weighted by Gasteiger charge is 2.47. The van der Waals surface area contributed by atoms with Gasteiger partial charge < -0.3 is 9.47 Å². The second-order valence-corrected chi connectivity index (χ2v) is 8.84. The van der Waals surface area contributed by atoms with E-state index < -0.39 is 0 Å². The Morgan fingerprint density at radius 1 is 0.886 bits per heavy atom. The van der Waals surface area contributed by atoms with E-state index in [1.165, 1.54) is 10.3 Å². The van der Waals surface area contributed by atoms with E-state index in [4.69, 9.17) is 26.0 Å². The average molecular weight is 493 g/mol. The van der Waals surface area contributed by atoms with Gasteiger partial charge in [-0.15, -0.1) is 0 Å². The number of hydrazine groups is 2. The van der Waals surface area contributed by atoms with Crippen molar-refractivity contribution in [1.29, 1.82) is 0 Å². The van der Waals surface area contributed by atoms with Crippen molar-refractivity contribution >= 4 is 34.7 Å². The topological polar surface area (TPSA) is 66.8 Å². The monoisotopic (exact) mass is 492 g/mol. The summed E-state index contributed by atoms with van der Waals surface area (Å²) >= 11 is 6.57. The quantitative estimate of drug-likeness (QED) is 0.479. The molecular weight excluding hydrogens is 468 g/mol. The summed E-state index contributed by atoms with van der Waals surface area (Å²) in [5.74, 6) is 1.27. The molecule has 0 N–H and O–H groups in total. The number of nitrogens with zero attached hydrogens (tertiary/aromatic N) is 4. The molecule has 0 bridgehead atoms. The van der Waals surface area contributed by atoms with Gasteiger partial charge in [0.1, 0.15) is 11.5 Å². The SMILES string of the molecule is COc1cc(OC)cc(C(=O)N2c3ccccc3N3C(c4c(C)c(C)c(Cl)c(C)c4C)=NON23)c1. The van der Waals surface area contributed by atoms with Crippen LogP contribution in [0.3, 0.4) is 0 Å². The van der Waals surface area contributed by atoms with E-state index in [1.54, 1.807) is 37.4 Å². The molecule has 0 unspecified atom stereocenters. The third-order valence-electron chi connectivity index (χ3n) is 6.63. The van der Waals surface area contributed by atoms with Crippen LogP contribution in [-0.2, 0) is 4.94 Å². The van der Waals surface area contributed by atoms with Gasteiger partial charge in [-0.25, -0.2) is 0 Å². The number of anilines is 2. The molecule has 0 saturated heterocycles. The molecule has 8 nitrogen and oxygen atoms in total. The Kier molecular flexibility index (Phi) is 5.57. The van der Waals surface area contributed by atoms with Crippen molar-refractivity contribution in [3.63, 3.8) is 0 Å². The van der Waals surface area contributed by atoms with Gasteiger partial charge in [-0.05, 0) is 79.4 Å². The summed E-state index contributed by atoms with van der Waals surface area (Å²) in [7, 11) is 3.08. The molecule has 0 spiro atoms. The summed E-state index contributed by atoms with van der Waals surface area (Å²) in [6.07, 6.45) is 0. The second kappa shape index (κ2) is 8.48. The van der Waals surface area contributed by atoms with Gasteiger partial charge in [0, 0.05) is 22.2 Å². The number of fused-ring (bicyclic) bond motifs is 3.